The number of nitrogens with one attached hydrogen (secondary N) is 2. The highest BCUT2D eigenvalue weighted by molar-refractivity contribution is 5.89. The van der Waals surface area contributed by atoms with E-state index in [4.69, 9.17) is 4.74 Å². The van der Waals surface area contributed by atoms with Crippen molar-refractivity contribution < 1.29 is 18.3 Å². The number of carbonyl (C=O) groups excluding carboxylic acids is 1. The number of anilines is 4. The molecule has 0 radical (unpaired) electrons. The topological polar surface area (TPSA) is 118 Å². The molecule has 5 heterocycles. The van der Waals surface area contributed by atoms with Crippen LogP contribution in [0.1, 0.15) is 26.1 Å². The number of rotatable bonds is 6. The van der Waals surface area contributed by atoms with Gasteiger partial charge in [-0.2, -0.15) is 8.78 Å². The van der Waals surface area contributed by atoms with Gasteiger partial charge in [0.15, 0.2) is 0 Å². The molecule has 2 fully saturated rings. The van der Waals surface area contributed by atoms with Gasteiger partial charge in [0.05, 0.1) is 30.4 Å². The van der Waals surface area contributed by atoms with Crippen LogP contribution >= 0.6 is 0 Å². The number of pyridine rings is 1. The summed E-state index contributed by atoms with van der Waals surface area (Å²) in [6, 6.07) is 3.05. The Kier molecular flexibility index (Phi) is 5.75. The quantitative estimate of drug-likeness (QED) is 0.545. The van der Waals surface area contributed by atoms with E-state index in [0.29, 0.717) is 16.9 Å². The van der Waals surface area contributed by atoms with Crippen LogP contribution in [0.15, 0.2) is 36.9 Å². The Balaban J connectivity index is 1.42. The third-order valence-electron chi connectivity index (χ3n) is 5.99. The standard InChI is InChI=1S/C23H24F2N8O2/c1-14(34)30-19-7-16(31-18-3-5-26-21(32-18)22(2,24)25)15(8-28-19)17-9-29-20(10-27-17)33-11-23(12-33)4-6-35-13-23/h3,5,7-10H,4,6,11-13H2,1-2H3,(H2,26,28,30,31,32,34). The fraction of sp³-hybridized carbons (Fsp3) is 0.391. The summed E-state index contributed by atoms with van der Waals surface area (Å²) in [6.45, 7) is 5.46. The Bertz CT molecular complexity index is 1240. The Morgan fingerprint density at radius 1 is 1.14 bits per heavy atom. The van der Waals surface area contributed by atoms with Gasteiger partial charge >= 0.3 is 5.92 Å². The molecule has 2 aliphatic heterocycles. The normalized spacial score (nSPS) is 16.7. The summed E-state index contributed by atoms with van der Waals surface area (Å²) in [5.41, 5.74) is 1.77. The van der Waals surface area contributed by atoms with Crippen LogP contribution in [0.5, 0.6) is 0 Å². The first kappa shape index (κ1) is 23.0. The van der Waals surface area contributed by atoms with Gasteiger partial charge in [0.25, 0.3) is 0 Å². The first-order valence-electron chi connectivity index (χ1n) is 11.1. The van der Waals surface area contributed by atoms with Gasteiger partial charge in [-0.15, -0.1) is 0 Å². The minimum absolute atomic E-state index is 0.159. The smallest absolute Gasteiger partial charge is 0.303 e. The van der Waals surface area contributed by atoms with Crippen molar-refractivity contribution in [2.75, 3.05) is 41.8 Å². The second kappa shape index (κ2) is 8.77. The van der Waals surface area contributed by atoms with Crippen LogP contribution in [-0.2, 0) is 15.5 Å². The molecule has 12 heteroatoms. The molecular formula is C23H24F2N8O2. The lowest BCUT2D eigenvalue weighted by atomic mass is 9.79. The number of hydrogen-bond donors (Lipinski definition) is 2. The highest BCUT2D eigenvalue weighted by Gasteiger charge is 2.46. The van der Waals surface area contributed by atoms with E-state index in [-0.39, 0.29) is 23.0 Å². The van der Waals surface area contributed by atoms with E-state index in [0.717, 1.165) is 45.5 Å². The van der Waals surface area contributed by atoms with Crippen molar-refractivity contribution in [2.24, 2.45) is 5.41 Å². The number of ether oxygens (including phenoxy) is 1. The molecule has 2 saturated heterocycles. The van der Waals surface area contributed by atoms with Crippen LogP contribution in [0, 0.1) is 5.41 Å². The van der Waals surface area contributed by atoms with E-state index in [1.54, 1.807) is 18.5 Å². The molecular weight excluding hydrogens is 458 g/mol. The van der Waals surface area contributed by atoms with E-state index in [9.17, 15) is 13.6 Å². The van der Waals surface area contributed by atoms with Gasteiger partial charge in [-0.25, -0.2) is 19.9 Å². The Morgan fingerprint density at radius 3 is 2.63 bits per heavy atom. The average Bonchev–Trinajstić information content (AvgIpc) is 3.28. The number of aromatic nitrogens is 5. The first-order valence-corrected chi connectivity index (χ1v) is 11.1. The zero-order valence-electron chi connectivity index (χ0n) is 19.3. The van der Waals surface area contributed by atoms with E-state index in [2.05, 4.69) is 40.5 Å². The molecule has 2 N–H and O–H groups in total. The predicted molar refractivity (Wildman–Crippen MR) is 125 cm³/mol. The SMILES string of the molecule is CC(=O)Nc1cc(Nc2ccnc(C(C)(F)F)n2)c(-c2cnc(N3CC4(CCOC4)C3)cn2)cn1. The Hall–Kier alpha value is -3.80. The first-order chi connectivity index (χ1) is 16.7. The second-order valence-electron chi connectivity index (χ2n) is 8.99. The largest absolute Gasteiger partial charge is 0.381 e. The minimum Gasteiger partial charge on any atom is -0.381 e. The molecule has 1 spiro atoms. The highest BCUT2D eigenvalue weighted by atomic mass is 19.3. The lowest BCUT2D eigenvalue weighted by Crippen LogP contribution is -2.57. The van der Waals surface area contributed by atoms with Crippen molar-refractivity contribution in [1.29, 1.82) is 0 Å². The molecule has 182 valence electrons. The third kappa shape index (κ3) is 4.87. The van der Waals surface area contributed by atoms with E-state index < -0.39 is 11.7 Å². The molecule has 0 aliphatic carbocycles. The molecule has 0 saturated carbocycles. The molecule has 3 aromatic heterocycles. The number of carbonyl (C=O) groups is 1. The van der Waals surface area contributed by atoms with Crippen LogP contribution in [0.3, 0.4) is 0 Å². The van der Waals surface area contributed by atoms with Gasteiger partial charge < -0.3 is 20.3 Å². The van der Waals surface area contributed by atoms with Crippen LogP contribution in [-0.4, -0.2) is 57.1 Å². The average molecular weight is 482 g/mol. The van der Waals surface area contributed by atoms with Gasteiger partial charge in [0.1, 0.15) is 17.5 Å². The van der Waals surface area contributed by atoms with Gasteiger partial charge in [0, 0.05) is 63.0 Å². The summed E-state index contributed by atoms with van der Waals surface area (Å²) >= 11 is 0. The molecule has 35 heavy (non-hydrogen) atoms. The number of alkyl halides is 2. The van der Waals surface area contributed by atoms with Crippen LogP contribution in [0.25, 0.3) is 11.3 Å². The van der Waals surface area contributed by atoms with E-state index in [1.165, 1.54) is 25.4 Å². The molecule has 2 aliphatic rings. The Morgan fingerprint density at radius 2 is 1.97 bits per heavy atom. The molecule has 0 aromatic carbocycles. The molecule has 5 rings (SSSR count). The molecule has 1 amide bonds. The summed E-state index contributed by atoms with van der Waals surface area (Å²) in [4.78, 5) is 34.6. The zero-order chi connectivity index (χ0) is 24.6. The molecule has 0 atom stereocenters. The van der Waals surface area contributed by atoms with E-state index in [1.807, 2.05) is 0 Å². The monoisotopic (exact) mass is 482 g/mol. The predicted octanol–water partition coefficient (Wildman–Crippen LogP) is 3.37. The maximum Gasteiger partial charge on any atom is 0.303 e. The Labute approximate surface area is 200 Å². The van der Waals surface area contributed by atoms with Gasteiger partial charge in [0.2, 0.25) is 11.7 Å². The molecule has 0 unspecified atom stereocenters. The molecule has 0 bridgehead atoms. The molecule has 3 aromatic rings. The molecule has 10 nitrogen and oxygen atoms in total. The highest BCUT2D eigenvalue weighted by Crippen LogP contribution is 2.40. The number of amides is 1. The number of nitrogens with zero attached hydrogens (tertiary/aromatic N) is 6. The van der Waals surface area contributed by atoms with Crippen molar-refractivity contribution in [2.45, 2.75) is 26.2 Å². The van der Waals surface area contributed by atoms with Crippen molar-refractivity contribution in [3.05, 3.63) is 42.7 Å². The van der Waals surface area contributed by atoms with Crippen molar-refractivity contribution >= 4 is 29.0 Å². The number of hydrogen-bond acceptors (Lipinski definition) is 9. The lowest BCUT2D eigenvalue weighted by molar-refractivity contribution is -0.114. The van der Waals surface area contributed by atoms with Crippen LogP contribution in [0.2, 0.25) is 0 Å². The minimum atomic E-state index is -3.19. The fourth-order valence-electron chi connectivity index (χ4n) is 4.24. The van der Waals surface area contributed by atoms with Gasteiger partial charge in [-0.3, -0.25) is 9.78 Å². The maximum absolute atomic E-state index is 13.7. The lowest BCUT2D eigenvalue weighted by Gasteiger charge is -2.47. The summed E-state index contributed by atoms with van der Waals surface area (Å²) in [6.07, 6.45) is 7.18. The van der Waals surface area contributed by atoms with Crippen LogP contribution in [0.4, 0.5) is 31.9 Å². The third-order valence-corrected chi connectivity index (χ3v) is 5.99. The second-order valence-corrected chi connectivity index (χ2v) is 8.99. The van der Waals surface area contributed by atoms with Crippen molar-refractivity contribution in [3.8, 4) is 11.3 Å². The summed E-state index contributed by atoms with van der Waals surface area (Å²) in [5, 5.41) is 5.63. The van der Waals surface area contributed by atoms with Gasteiger partial charge in [-0.1, -0.05) is 0 Å². The van der Waals surface area contributed by atoms with Crippen molar-refractivity contribution in [3.63, 3.8) is 0 Å². The van der Waals surface area contributed by atoms with Gasteiger partial charge in [-0.05, 0) is 12.5 Å². The fourth-order valence-corrected chi connectivity index (χ4v) is 4.24. The van der Waals surface area contributed by atoms with E-state index >= 15 is 0 Å². The van der Waals surface area contributed by atoms with Crippen LogP contribution < -0.4 is 15.5 Å². The zero-order valence-corrected chi connectivity index (χ0v) is 19.3. The maximum atomic E-state index is 13.7. The van der Waals surface area contributed by atoms with Crippen molar-refractivity contribution in [1.82, 2.24) is 24.9 Å². The summed E-state index contributed by atoms with van der Waals surface area (Å²) < 4.78 is 33.0. The summed E-state index contributed by atoms with van der Waals surface area (Å²) in [5.74, 6) is -2.88. The number of halogens is 2. The summed E-state index contributed by atoms with van der Waals surface area (Å²) in [7, 11) is 0.